The van der Waals surface area contributed by atoms with Crippen molar-refractivity contribution in [2.24, 2.45) is 0 Å². The van der Waals surface area contributed by atoms with E-state index in [0.29, 0.717) is 0 Å². The van der Waals surface area contributed by atoms with Gasteiger partial charge in [0.05, 0.1) is 11.7 Å². The smallest absolute Gasteiger partial charge is 0.335 e. The maximum Gasteiger partial charge on any atom is 0.335 e. The molecule has 5 nitrogen and oxygen atoms in total. The summed E-state index contributed by atoms with van der Waals surface area (Å²) < 4.78 is 34.6. The number of halogens is 1. The molecule has 0 amide bonds. The van der Waals surface area contributed by atoms with E-state index in [9.17, 15) is 13.8 Å². The van der Waals surface area contributed by atoms with Crippen molar-refractivity contribution in [1.29, 1.82) is 0 Å². The van der Waals surface area contributed by atoms with E-state index in [1.165, 1.54) is 26.4 Å². The summed E-state index contributed by atoms with van der Waals surface area (Å²) in [5.74, 6) is -1.98. The Balaban J connectivity index is 3.01. The minimum Gasteiger partial charge on any atom is -0.478 e. The van der Waals surface area contributed by atoms with Crippen molar-refractivity contribution < 1.29 is 27.9 Å². The van der Waals surface area contributed by atoms with Crippen molar-refractivity contribution in [3.63, 3.8) is 0 Å². The zero-order valence-electron chi connectivity index (χ0n) is 9.34. The molecular weight excluding hydrogens is 250 g/mol. The zero-order valence-corrected chi connectivity index (χ0v) is 10.2. The summed E-state index contributed by atoms with van der Waals surface area (Å²) in [5, 5.41) is 8.65. The summed E-state index contributed by atoms with van der Waals surface area (Å²) in [6, 6.07) is 3.35. The largest absolute Gasteiger partial charge is 0.478 e. The Morgan fingerprint density at radius 1 is 1.41 bits per heavy atom. The van der Waals surface area contributed by atoms with Gasteiger partial charge in [-0.3, -0.25) is 4.57 Å². The highest BCUT2D eigenvalue weighted by molar-refractivity contribution is 7.52. The zero-order chi connectivity index (χ0) is 13.1. The lowest BCUT2D eigenvalue weighted by atomic mass is 10.1. The molecular formula is C10H12FO5P. The molecule has 0 aliphatic carbocycles. The first-order chi connectivity index (χ1) is 7.91. The molecule has 0 spiro atoms. The third-order valence-corrected chi connectivity index (χ3v) is 4.06. The van der Waals surface area contributed by atoms with Crippen molar-refractivity contribution in [1.82, 2.24) is 0 Å². The molecule has 1 aromatic carbocycles. The highest BCUT2D eigenvalue weighted by atomic mass is 31.2. The van der Waals surface area contributed by atoms with Crippen LogP contribution >= 0.6 is 7.60 Å². The summed E-state index contributed by atoms with van der Waals surface area (Å²) in [4.78, 5) is 10.6. The van der Waals surface area contributed by atoms with Crippen LogP contribution in [-0.2, 0) is 19.8 Å². The van der Waals surface area contributed by atoms with Crippen LogP contribution in [0.1, 0.15) is 15.9 Å². The second kappa shape index (κ2) is 5.40. The Morgan fingerprint density at radius 3 is 2.41 bits per heavy atom. The molecule has 0 unspecified atom stereocenters. The molecule has 94 valence electrons. The maximum absolute atomic E-state index is 13.5. The van der Waals surface area contributed by atoms with Gasteiger partial charge in [-0.1, -0.05) is 6.07 Å². The van der Waals surface area contributed by atoms with Crippen molar-refractivity contribution >= 4 is 13.6 Å². The van der Waals surface area contributed by atoms with Gasteiger partial charge in [-0.15, -0.1) is 0 Å². The molecule has 0 radical (unpaired) electrons. The Hall–Kier alpha value is -1.23. The molecule has 0 atom stereocenters. The lowest BCUT2D eigenvalue weighted by Crippen LogP contribution is -2.01. The summed E-state index contributed by atoms with van der Waals surface area (Å²) in [6.45, 7) is 0. The van der Waals surface area contributed by atoms with Crippen LogP contribution in [0.3, 0.4) is 0 Å². The fourth-order valence-electron chi connectivity index (χ4n) is 1.22. The predicted octanol–water partition coefficient (Wildman–Crippen LogP) is 2.51. The molecule has 17 heavy (non-hydrogen) atoms. The number of carboxylic acids is 1. The summed E-state index contributed by atoms with van der Waals surface area (Å²) in [6.07, 6.45) is -0.244. The minimum absolute atomic E-state index is 0.0852. The molecule has 0 saturated carbocycles. The number of benzene rings is 1. The average molecular weight is 262 g/mol. The van der Waals surface area contributed by atoms with E-state index < -0.39 is 19.4 Å². The Morgan fingerprint density at radius 2 is 2.00 bits per heavy atom. The summed E-state index contributed by atoms with van der Waals surface area (Å²) in [5.41, 5.74) is -0.0852. The van der Waals surface area contributed by atoms with Crippen LogP contribution in [0.25, 0.3) is 0 Å². The standard InChI is InChI=1S/C10H12FO5P/c1-15-17(14,16-2)6-8-4-3-7(10(12)13)5-9(8)11/h3-5H,6H2,1-2H3,(H,12,13). The number of rotatable bonds is 5. The van der Waals surface area contributed by atoms with Gasteiger partial charge in [-0.05, 0) is 17.7 Å². The molecule has 0 bridgehead atoms. The van der Waals surface area contributed by atoms with Crippen LogP contribution in [0.15, 0.2) is 18.2 Å². The van der Waals surface area contributed by atoms with Gasteiger partial charge >= 0.3 is 13.6 Å². The predicted molar refractivity (Wildman–Crippen MR) is 58.7 cm³/mol. The first-order valence-corrected chi connectivity index (χ1v) is 6.37. The van der Waals surface area contributed by atoms with Crippen molar-refractivity contribution in [2.75, 3.05) is 14.2 Å². The van der Waals surface area contributed by atoms with Crippen molar-refractivity contribution in [3.8, 4) is 0 Å². The van der Waals surface area contributed by atoms with Gasteiger partial charge in [0.1, 0.15) is 5.82 Å². The van der Waals surface area contributed by atoms with Gasteiger partial charge in [0.25, 0.3) is 0 Å². The Bertz CT molecular complexity index is 466. The fourth-order valence-corrected chi connectivity index (χ4v) is 2.30. The monoisotopic (exact) mass is 262 g/mol. The maximum atomic E-state index is 13.5. The quantitative estimate of drug-likeness (QED) is 0.825. The molecule has 0 fully saturated rings. The second-order valence-electron chi connectivity index (χ2n) is 3.25. The molecule has 1 aromatic rings. The summed E-state index contributed by atoms with van der Waals surface area (Å²) >= 11 is 0. The normalized spacial score (nSPS) is 11.5. The van der Waals surface area contributed by atoms with E-state index >= 15 is 0 Å². The molecule has 0 saturated heterocycles. The molecule has 0 aliphatic heterocycles. The third-order valence-electron chi connectivity index (χ3n) is 2.22. The molecule has 7 heteroatoms. The fraction of sp³-hybridized carbons (Fsp3) is 0.300. The van der Waals surface area contributed by atoms with Crippen LogP contribution in [0, 0.1) is 5.82 Å². The Labute approximate surface area is 97.7 Å². The van der Waals surface area contributed by atoms with Gasteiger partial charge in [0.15, 0.2) is 0 Å². The minimum atomic E-state index is -3.36. The lowest BCUT2D eigenvalue weighted by Gasteiger charge is -2.13. The number of carboxylic acid groups (broad SMARTS) is 1. The average Bonchev–Trinajstić information content (AvgIpc) is 2.31. The van der Waals surface area contributed by atoms with Crippen LogP contribution in [0.4, 0.5) is 4.39 Å². The van der Waals surface area contributed by atoms with Gasteiger partial charge in [0, 0.05) is 14.2 Å². The van der Waals surface area contributed by atoms with E-state index in [4.69, 9.17) is 5.11 Å². The number of carbonyl (C=O) groups is 1. The van der Waals surface area contributed by atoms with Crippen molar-refractivity contribution in [2.45, 2.75) is 6.16 Å². The first-order valence-electron chi connectivity index (χ1n) is 4.64. The molecule has 1 N–H and O–H groups in total. The highest BCUT2D eigenvalue weighted by Crippen LogP contribution is 2.50. The second-order valence-corrected chi connectivity index (χ2v) is 5.51. The van der Waals surface area contributed by atoms with Gasteiger partial charge < -0.3 is 14.2 Å². The third kappa shape index (κ3) is 3.36. The first kappa shape index (κ1) is 13.8. The lowest BCUT2D eigenvalue weighted by molar-refractivity contribution is 0.0696. The number of hydrogen-bond donors (Lipinski definition) is 1. The van der Waals surface area contributed by atoms with Gasteiger partial charge in [-0.2, -0.15) is 0 Å². The summed E-state index contributed by atoms with van der Waals surface area (Å²) in [7, 11) is -0.952. The topological polar surface area (TPSA) is 72.8 Å². The molecule has 0 heterocycles. The van der Waals surface area contributed by atoms with Gasteiger partial charge in [0.2, 0.25) is 0 Å². The molecule has 0 aliphatic rings. The van der Waals surface area contributed by atoms with E-state index in [-0.39, 0.29) is 17.3 Å². The molecule has 1 rings (SSSR count). The van der Waals surface area contributed by atoms with Gasteiger partial charge in [-0.25, -0.2) is 9.18 Å². The van der Waals surface area contributed by atoms with E-state index in [1.54, 1.807) is 0 Å². The van der Waals surface area contributed by atoms with Crippen molar-refractivity contribution in [3.05, 3.63) is 35.1 Å². The number of hydrogen-bond acceptors (Lipinski definition) is 4. The van der Waals surface area contributed by atoms with Crippen LogP contribution in [-0.4, -0.2) is 25.3 Å². The van der Waals surface area contributed by atoms with E-state index in [2.05, 4.69) is 9.05 Å². The van der Waals surface area contributed by atoms with Crippen LogP contribution in [0.2, 0.25) is 0 Å². The Kier molecular flexibility index (Phi) is 4.40. The molecule has 0 aromatic heterocycles. The SMILES string of the molecule is COP(=O)(Cc1ccc(C(=O)O)cc1F)OC. The van der Waals surface area contributed by atoms with E-state index in [1.807, 2.05) is 0 Å². The van der Waals surface area contributed by atoms with Crippen LogP contribution in [0.5, 0.6) is 0 Å². The van der Waals surface area contributed by atoms with E-state index in [0.717, 1.165) is 6.07 Å². The number of aromatic carboxylic acids is 1. The highest BCUT2D eigenvalue weighted by Gasteiger charge is 2.23. The van der Waals surface area contributed by atoms with Crippen LogP contribution < -0.4 is 0 Å².